The molecule has 1 amide bonds. The molecule has 0 saturated heterocycles. The van der Waals surface area contributed by atoms with Crippen LogP contribution < -0.4 is 10.6 Å². The number of rotatable bonds is 5. The van der Waals surface area contributed by atoms with Crippen molar-refractivity contribution < 1.29 is 4.79 Å². The van der Waals surface area contributed by atoms with Gasteiger partial charge in [0.15, 0.2) is 5.96 Å². The van der Waals surface area contributed by atoms with Crippen molar-refractivity contribution in [3.8, 4) is 0 Å². The number of aliphatic imine (C=N–C) groups is 1. The highest BCUT2D eigenvalue weighted by Crippen LogP contribution is 2.23. The monoisotopic (exact) mass is 296 g/mol. The standard InChI is InChI=1S/C16H32N4O/c1-6-13(3)18-16(17-11-15(21)20(4)5)19-14-9-7-8-12(2)10-14/h12-14H,6-11H2,1-5H3,(H2,17,18,19). The number of nitrogens with one attached hydrogen (secondary N) is 2. The highest BCUT2D eigenvalue weighted by Gasteiger charge is 2.20. The van der Waals surface area contributed by atoms with Crippen LogP contribution in [0.3, 0.4) is 0 Å². The maximum atomic E-state index is 11.7. The lowest BCUT2D eigenvalue weighted by Crippen LogP contribution is -2.48. The van der Waals surface area contributed by atoms with Crippen LogP contribution in [0.5, 0.6) is 0 Å². The van der Waals surface area contributed by atoms with Crippen molar-refractivity contribution in [1.82, 2.24) is 15.5 Å². The molecule has 3 unspecified atom stereocenters. The molecule has 1 aliphatic carbocycles. The number of nitrogens with zero attached hydrogens (tertiary/aromatic N) is 2. The van der Waals surface area contributed by atoms with Crippen molar-refractivity contribution in [1.29, 1.82) is 0 Å². The van der Waals surface area contributed by atoms with Crippen LogP contribution >= 0.6 is 0 Å². The number of likely N-dealkylation sites (N-methyl/N-ethyl adjacent to an activating group) is 1. The smallest absolute Gasteiger partial charge is 0.243 e. The van der Waals surface area contributed by atoms with Crippen LogP contribution in [0, 0.1) is 5.92 Å². The first-order valence-corrected chi connectivity index (χ1v) is 8.20. The minimum atomic E-state index is 0.0252. The summed E-state index contributed by atoms with van der Waals surface area (Å²) >= 11 is 0. The van der Waals surface area contributed by atoms with Gasteiger partial charge in [-0.05, 0) is 32.1 Å². The van der Waals surface area contributed by atoms with Crippen LogP contribution in [0.2, 0.25) is 0 Å². The lowest BCUT2D eigenvalue weighted by Gasteiger charge is -2.29. The van der Waals surface area contributed by atoms with Crippen LogP contribution in [-0.4, -0.2) is 49.5 Å². The number of amides is 1. The SMILES string of the molecule is CCC(C)NC(=NCC(=O)N(C)C)NC1CCCC(C)C1. The molecular formula is C16H32N4O. The third-order valence-electron chi connectivity index (χ3n) is 4.14. The zero-order valence-electron chi connectivity index (χ0n) is 14.3. The zero-order valence-corrected chi connectivity index (χ0v) is 14.3. The van der Waals surface area contributed by atoms with Crippen LogP contribution in [0.25, 0.3) is 0 Å². The Balaban J connectivity index is 2.62. The van der Waals surface area contributed by atoms with Crippen LogP contribution in [0.15, 0.2) is 4.99 Å². The molecule has 0 aromatic heterocycles. The quantitative estimate of drug-likeness (QED) is 0.602. The molecule has 3 atom stereocenters. The van der Waals surface area contributed by atoms with Gasteiger partial charge in [-0.1, -0.05) is 26.7 Å². The molecule has 0 aromatic carbocycles. The molecular weight excluding hydrogens is 264 g/mol. The van der Waals surface area contributed by atoms with E-state index >= 15 is 0 Å². The maximum absolute atomic E-state index is 11.7. The van der Waals surface area contributed by atoms with E-state index < -0.39 is 0 Å². The molecule has 1 aliphatic rings. The van der Waals surface area contributed by atoms with Gasteiger partial charge in [0.05, 0.1) is 0 Å². The molecule has 21 heavy (non-hydrogen) atoms. The first-order chi connectivity index (χ1) is 9.92. The predicted octanol–water partition coefficient (Wildman–Crippen LogP) is 1.99. The minimum absolute atomic E-state index is 0.0252. The molecule has 0 aliphatic heterocycles. The highest BCUT2D eigenvalue weighted by molar-refractivity contribution is 5.85. The van der Waals surface area contributed by atoms with Crippen molar-refractivity contribution in [2.75, 3.05) is 20.6 Å². The van der Waals surface area contributed by atoms with E-state index in [0.717, 1.165) is 18.3 Å². The highest BCUT2D eigenvalue weighted by atomic mass is 16.2. The Morgan fingerprint density at radius 1 is 1.38 bits per heavy atom. The number of hydrogen-bond acceptors (Lipinski definition) is 2. The normalized spacial score (nSPS) is 24.3. The summed E-state index contributed by atoms with van der Waals surface area (Å²) in [5.41, 5.74) is 0. The van der Waals surface area contributed by atoms with E-state index in [4.69, 9.17) is 0 Å². The van der Waals surface area contributed by atoms with Gasteiger partial charge in [0, 0.05) is 26.2 Å². The molecule has 0 spiro atoms. The summed E-state index contributed by atoms with van der Waals surface area (Å²) < 4.78 is 0. The van der Waals surface area contributed by atoms with Gasteiger partial charge in [0.2, 0.25) is 5.91 Å². The molecule has 1 fully saturated rings. The molecule has 0 radical (unpaired) electrons. The van der Waals surface area contributed by atoms with E-state index in [0.29, 0.717) is 12.1 Å². The van der Waals surface area contributed by atoms with Crippen molar-refractivity contribution in [2.24, 2.45) is 10.9 Å². The first kappa shape index (κ1) is 17.8. The lowest BCUT2D eigenvalue weighted by atomic mass is 9.87. The van der Waals surface area contributed by atoms with Gasteiger partial charge in [0.1, 0.15) is 6.54 Å². The second-order valence-electron chi connectivity index (χ2n) is 6.52. The van der Waals surface area contributed by atoms with Gasteiger partial charge < -0.3 is 15.5 Å². The topological polar surface area (TPSA) is 56.7 Å². The van der Waals surface area contributed by atoms with Crippen molar-refractivity contribution in [2.45, 2.75) is 65.0 Å². The summed E-state index contributed by atoms with van der Waals surface area (Å²) in [4.78, 5) is 17.7. The largest absolute Gasteiger partial charge is 0.354 e. The van der Waals surface area contributed by atoms with E-state index in [1.165, 1.54) is 25.7 Å². The van der Waals surface area contributed by atoms with E-state index in [1.54, 1.807) is 19.0 Å². The van der Waals surface area contributed by atoms with Gasteiger partial charge in [-0.15, -0.1) is 0 Å². The molecule has 0 bridgehead atoms. The maximum Gasteiger partial charge on any atom is 0.243 e. The Labute approximate surface area is 129 Å². The lowest BCUT2D eigenvalue weighted by molar-refractivity contribution is -0.127. The predicted molar refractivity (Wildman–Crippen MR) is 88.4 cm³/mol. The molecule has 0 heterocycles. The Morgan fingerprint density at radius 3 is 2.67 bits per heavy atom. The summed E-state index contributed by atoms with van der Waals surface area (Å²) in [5, 5.41) is 6.91. The Morgan fingerprint density at radius 2 is 2.10 bits per heavy atom. The molecule has 1 saturated carbocycles. The average molecular weight is 296 g/mol. The summed E-state index contributed by atoms with van der Waals surface area (Å²) in [6.07, 6.45) is 5.99. The average Bonchev–Trinajstić information content (AvgIpc) is 2.44. The van der Waals surface area contributed by atoms with E-state index in [1.807, 2.05) is 0 Å². The van der Waals surface area contributed by atoms with Crippen LogP contribution in [0.4, 0.5) is 0 Å². The van der Waals surface area contributed by atoms with Gasteiger partial charge in [-0.25, -0.2) is 4.99 Å². The summed E-state index contributed by atoms with van der Waals surface area (Å²) in [7, 11) is 3.52. The summed E-state index contributed by atoms with van der Waals surface area (Å²) in [5.74, 6) is 1.57. The van der Waals surface area contributed by atoms with Crippen LogP contribution in [-0.2, 0) is 4.79 Å². The molecule has 2 N–H and O–H groups in total. The number of guanidine groups is 1. The van der Waals surface area contributed by atoms with E-state index in [9.17, 15) is 4.79 Å². The Hall–Kier alpha value is -1.26. The Bertz CT molecular complexity index is 354. The van der Waals surface area contributed by atoms with Gasteiger partial charge in [0.25, 0.3) is 0 Å². The number of carbonyl (C=O) groups is 1. The molecule has 5 nitrogen and oxygen atoms in total. The van der Waals surface area contributed by atoms with Gasteiger partial charge in [-0.2, -0.15) is 0 Å². The fourth-order valence-corrected chi connectivity index (χ4v) is 2.52. The van der Waals surface area contributed by atoms with Crippen LogP contribution in [0.1, 0.15) is 52.9 Å². The fraction of sp³-hybridized carbons (Fsp3) is 0.875. The van der Waals surface area contributed by atoms with E-state index in [2.05, 4.69) is 36.4 Å². The van der Waals surface area contributed by atoms with Crippen molar-refractivity contribution in [3.05, 3.63) is 0 Å². The fourth-order valence-electron chi connectivity index (χ4n) is 2.52. The molecule has 0 aromatic rings. The number of carbonyl (C=O) groups excluding carboxylic acids is 1. The molecule has 5 heteroatoms. The minimum Gasteiger partial charge on any atom is -0.354 e. The summed E-state index contributed by atoms with van der Waals surface area (Å²) in [6, 6.07) is 0.824. The molecule has 122 valence electrons. The van der Waals surface area contributed by atoms with Crippen molar-refractivity contribution >= 4 is 11.9 Å². The number of hydrogen-bond donors (Lipinski definition) is 2. The first-order valence-electron chi connectivity index (χ1n) is 8.20. The molecule has 1 rings (SSSR count). The zero-order chi connectivity index (χ0) is 15.8. The second-order valence-corrected chi connectivity index (χ2v) is 6.52. The van der Waals surface area contributed by atoms with Crippen molar-refractivity contribution in [3.63, 3.8) is 0 Å². The third kappa shape index (κ3) is 6.82. The third-order valence-corrected chi connectivity index (χ3v) is 4.14. The van der Waals surface area contributed by atoms with Gasteiger partial charge >= 0.3 is 0 Å². The summed E-state index contributed by atoms with van der Waals surface area (Å²) in [6.45, 7) is 6.78. The van der Waals surface area contributed by atoms with E-state index in [-0.39, 0.29) is 12.5 Å². The van der Waals surface area contributed by atoms with Gasteiger partial charge in [-0.3, -0.25) is 4.79 Å². The Kier molecular flexibility index (Phi) is 7.54. The second kappa shape index (κ2) is 8.90.